The molecule has 0 saturated carbocycles. The van der Waals surface area contributed by atoms with Crippen LogP contribution in [0.1, 0.15) is 45.0 Å². The highest BCUT2D eigenvalue weighted by Gasteiger charge is 2.51. The zero-order chi connectivity index (χ0) is 17.0. The summed E-state index contributed by atoms with van der Waals surface area (Å²) in [7, 11) is -0.490. The predicted molar refractivity (Wildman–Crippen MR) is 90.3 cm³/mol. The van der Waals surface area contributed by atoms with Crippen molar-refractivity contribution in [3.63, 3.8) is 0 Å². The topological polar surface area (TPSA) is 60.7 Å². The molecule has 1 saturated heterocycles. The molecule has 6 heteroatoms. The molecule has 2 aromatic rings. The fourth-order valence-corrected chi connectivity index (χ4v) is 2.87. The lowest BCUT2D eigenvalue weighted by molar-refractivity contribution is 0.00578. The number of carboxylic acids is 1. The van der Waals surface area contributed by atoms with E-state index < -0.39 is 24.3 Å². The van der Waals surface area contributed by atoms with Crippen molar-refractivity contribution in [1.82, 2.24) is 4.57 Å². The molecule has 3 rings (SSSR count). The first kappa shape index (κ1) is 16.1. The molecule has 0 aliphatic carbocycles. The van der Waals surface area contributed by atoms with Crippen molar-refractivity contribution in [2.24, 2.45) is 0 Å². The normalized spacial score (nSPS) is 19.4. The van der Waals surface area contributed by atoms with Crippen LogP contribution >= 0.6 is 0 Å². The van der Waals surface area contributed by atoms with Crippen LogP contribution in [0.2, 0.25) is 0 Å². The van der Waals surface area contributed by atoms with Crippen molar-refractivity contribution >= 4 is 29.5 Å². The number of benzene rings is 1. The summed E-state index contributed by atoms with van der Waals surface area (Å²) in [6, 6.07) is 5.75. The van der Waals surface area contributed by atoms with Gasteiger partial charge >= 0.3 is 13.1 Å². The summed E-state index contributed by atoms with van der Waals surface area (Å²) in [5, 5.41) is 10.2. The molecule has 1 aromatic heterocycles. The maximum atomic E-state index is 11.5. The fourth-order valence-electron chi connectivity index (χ4n) is 2.87. The van der Waals surface area contributed by atoms with Crippen molar-refractivity contribution < 1.29 is 19.2 Å². The molecule has 0 amide bonds. The minimum atomic E-state index is -0.923. The molecular formula is C17H22BNO4. The largest absolute Gasteiger partial charge is 0.494 e. The van der Waals surface area contributed by atoms with Crippen molar-refractivity contribution in [2.75, 3.05) is 0 Å². The van der Waals surface area contributed by atoms with Crippen LogP contribution in [0.25, 0.3) is 10.9 Å². The van der Waals surface area contributed by atoms with Crippen LogP contribution in [0.5, 0.6) is 0 Å². The maximum Gasteiger partial charge on any atom is 0.494 e. The molecule has 0 spiro atoms. The number of nitrogens with zero attached hydrogens (tertiary/aromatic N) is 1. The van der Waals surface area contributed by atoms with Gasteiger partial charge in [-0.05, 0) is 46.1 Å². The van der Waals surface area contributed by atoms with E-state index in [9.17, 15) is 9.90 Å². The Morgan fingerprint density at radius 1 is 1.22 bits per heavy atom. The summed E-state index contributed by atoms with van der Waals surface area (Å²) in [6.07, 6.45) is 1.68. The number of carboxylic acid groups (broad SMARTS) is 1. The molecule has 2 heterocycles. The molecular weight excluding hydrogens is 293 g/mol. The highest BCUT2D eigenvalue weighted by molar-refractivity contribution is 6.62. The molecule has 0 unspecified atom stereocenters. The van der Waals surface area contributed by atoms with E-state index >= 15 is 0 Å². The first-order valence-corrected chi connectivity index (χ1v) is 7.88. The summed E-state index contributed by atoms with van der Waals surface area (Å²) in [5.74, 6) is -0.923. The standard InChI is InChI=1S/C17H22BNO4/c1-6-19-10-13(15(20)21)12-9-11(7-8-14(12)19)18-22-16(2,3)17(4,5)23-18/h7-10H,6H2,1-5H3,(H,20,21). The second kappa shape index (κ2) is 5.11. The van der Waals surface area contributed by atoms with Crippen molar-refractivity contribution in [1.29, 1.82) is 0 Å². The Morgan fingerprint density at radius 2 is 1.83 bits per heavy atom. The Balaban J connectivity index is 2.08. The predicted octanol–water partition coefficient (Wildman–Crippen LogP) is 2.66. The number of aromatic nitrogens is 1. The monoisotopic (exact) mass is 315 g/mol. The summed E-state index contributed by atoms with van der Waals surface area (Å²) < 4.78 is 14.0. The lowest BCUT2D eigenvalue weighted by atomic mass is 9.78. The summed E-state index contributed by atoms with van der Waals surface area (Å²) >= 11 is 0. The van der Waals surface area contributed by atoms with Gasteiger partial charge in [-0.25, -0.2) is 4.79 Å². The van der Waals surface area contributed by atoms with E-state index in [4.69, 9.17) is 9.31 Å². The molecule has 1 fully saturated rings. The molecule has 0 bridgehead atoms. The van der Waals surface area contributed by atoms with E-state index in [-0.39, 0.29) is 0 Å². The van der Waals surface area contributed by atoms with Crippen LogP contribution in [0.3, 0.4) is 0 Å². The van der Waals surface area contributed by atoms with Gasteiger partial charge in [0.05, 0.1) is 16.8 Å². The summed E-state index contributed by atoms with van der Waals surface area (Å²) in [6.45, 7) is 10.7. The smallest absolute Gasteiger partial charge is 0.478 e. The van der Waals surface area contributed by atoms with Crippen LogP contribution in [0.4, 0.5) is 0 Å². The Morgan fingerprint density at radius 3 is 2.35 bits per heavy atom. The van der Waals surface area contributed by atoms with Gasteiger partial charge in [0.2, 0.25) is 0 Å². The summed E-state index contributed by atoms with van der Waals surface area (Å²) in [4.78, 5) is 11.5. The average molecular weight is 315 g/mol. The highest BCUT2D eigenvalue weighted by atomic mass is 16.7. The summed E-state index contributed by atoms with van der Waals surface area (Å²) in [5.41, 5.74) is 1.22. The number of carbonyl (C=O) groups is 1. The third-order valence-electron chi connectivity index (χ3n) is 5.00. The van der Waals surface area contributed by atoms with Crippen molar-refractivity contribution in [3.05, 3.63) is 30.0 Å². The Hall–Kier alpha value is -1.79. The number of rotatable bonds is 3. The fraction of sp³-hybridized carbons (Fsp3) is 0.471. The van der Waals surface area contributed by atoms with E-state index in [0.29, 0.717) is 10.9 Å². The third kappa shape index (κ3) is 2.46. The van der Waals surface area contributed by atoms with Crippen molar-refractivity contribution in [2.45, 2.75) is 52.4 Å². The highest BCUT2D eigenvalue weighted by Crippen LogP contribution is 2.36. The molecule has 1 aromatic carbocycles. The Bertz CT molecular complexity index is 762. The number of hydrogen-bond donors (Lipinski definition) is 1. The van der Waals surface area contributed by atoms with Crippen LogP contribution in [0, 0.1) is 0 Å². The van der Waals surface area contributed by atoms with E-state index in [1.54, 1.807) is 6.20 Å². The Kier molecular flexibility index (Phi) is 3.57. The Labute approximate surface area is 136 Å². The van der Waals surface area contributed by atoms with Gasteiger partial charge in [0, 0.05) is 23.6 Å². The molecule has 1 aliphatic rings. The number of hydrogen-bond acceptors (Lipinski definition) is 3. The first-order valence-electron chi connectivity index (χ1n) is 7.88. The van der Waals surface area contributed by atoms with Gasteiger partial charge in [-0.3, -0.25) is 0 Å². The van der Waals surface area contributed by atoms with Crippen LogP contribution in [-0.2, 0) is 15.9 Å². The second-order valence-electron chi connectivity index (χ2n) is 7.00. The van der Waals surface area contributed by atoms with E-state index in [1.165, 1.54) is 0 Å². The number of fused-ring (bicyclic) bond motifs is 1. The zero-order valence-electron chi connectivity index (χ0n) is 14.2. The molecule has 1 N–H and O–H groups in total. The second-order valence-corrected chi connectivity index (χ2v) is 7.00. The molecule has 23 heavy (non-hydrogen) atoms. The maximum absolute atomic E-state index is 11.5. The van der Waals surface area contributed by atoms with Crippen LogP contribution in [-0.4, -0.2) is 34.0 Å². The van der Waals surface area contributed by atoms with E-state index in [0.717, 1.165) is 17.5 Å². The minimum absolute atomic E-state index is 0.306. The van der Waals surface area contributed by atoms with Gasteiger partial charge in [-0.2, -0.15) is 0 Å². The van der Waals surface area contributed by atoms with Gasteiger partial charge < -0.3 is 19.0 Å². The van der Waals surface area contributed by atoms with E-state index in [1.807, 2.05) is 57.4 Å². The van der Waals surface area contributed by atoms with Gasteiger partial charge in [-0.1, -0.05) is 12.1 Å². The molecule has 0 atom stereocenters. The SMILES string of the molecule is CCn1cc(C(=O)O)c2cc(B3OC(C)(C)C(C)(C)O3)ccc21. The molecule has 0 radical (unpaired) electrons. The zero-order valence-corrected chi connectivity index (χ0v) is 14.2. The minimum Gasteiger partial charge on any atom is -0.478 e. The van der Waals surface area contributed by atoms with Gasteiger partial charge in [0.15, 0.2) is 0 Å². The van der Waals surface area contributed by atoms with E-state index in [2.05, 4.69) is 0 Å². The van der Waals surface area contributed by atoms with Crippen LogP contribution < -0.4 is 5.46 Å². The number of aryl methyl sites for hydroxylation is 1. The van der Waals surface area contributed by atoms with Gasteiger partial charge in [0.1, 0.15) is 0 Å². The lowest BCUT2D eigenvalue weighted by Crippen LogP contribution is -2.41. The van der Waals surface area contributed by atoms with Crippen molar-refractivity contribution in [3.8, 4) is 0 Å². The molecule has 5 nitrogen and oxygen atoms in total. The third-order valence-corrected chi connectivity index (χ3v) is 5.00. The first-order chi connectivity index (χ1) is 10.7. The lowest BCUT2D eigenvalue weighted by Gasteiger charge is -2.32. The quantitative estimate of drug-likeness (QED) is 0.885. The van der Waals surface area contributed by atoms with Gasteiger partial charge in [0.25, 0.3) is 0 Å². The molecule has 122 valence electrons. The van der Waals surface area contributed by atoms with Gasteiger partial charge in [-0.15, -0.1) is 0 Å². The molecule has 1 aliphatic heterocycles. The average Bonchev–Trinajstić information content (AvgIpc) is 2.93. The number of aromatic carboxylic acids is 1. The van der Waals surface area contributed by atoms with Crippen LogP contribution in [0.15, 0.2) is 24.4 Å².